The van der Waals surface area contributed by atoms with Crippen LogP contribution in [0.4, 0.5) is 0 Å². The first-order valence-electron chi connectivity index (χ1n) is 21.9. The molecule has 0 aliphatic rings. The molecule has 3 aromatic heterocycles. The van der Waals surface area contributed by atoms with Crippen molar-refractivity contribution >= 4 is 32.8 Å². The van der Waals surface area contributed by atoms with Gasteiger partial charge in [-0.25, -0.2) is 4.98 Å². The molecule has 0 aliphatic heterocycles. The molecule has 5 heteroatoms. The fourth-order valence-electron chi connectivity index (χ4n) is 9.07. The molecule has 0 amide bonds. The molecule has 0 spiro atoms. The van der Waals surface area contributed by atoms with Crippen molar-refractivity contribution in [2.24, 2.45) is 5.41 Å². The Labute approximate surface area is 370 Å². The molecule has 0 unspecified atom stereocenters. The van der Waals surface area contributed by atoms with Crippen LogP contribution in [-0.4, -0.2) is 14.1 Å². The van der Waals surface area contributed by atoms with Gasteiger partial charge in [0.1, 0.15) is 17.3 Å². The van der Waals surface area contributed by atoms with E-state index in [1.807, 2.05) is 12.3 Å². The summed E-state index contributed by atoms with van der Waals surface area (Å²) in [5, 5.41) is 2.37. The number of ether oxygens (including phenoxy) is 1. The van der Waals surface area contributed by atoms with E-state index in [9.17, 15) is 0 Å². The Morgan fingerprint density at radius 1 is 0.587 bits per heavy atom. The Kier molecular flexibility index (Phi) is 9.87. The second-order valence-electron chi connectivity index (χ2n) is 19.0. The van der Waals surface area contributed by atoms with E-state index in [1.54, 1.807) is 0 Å². The van der Waals surface area contributed by atoms with E-state index >= 15 is 0 Å². The largest absolute Gasteiger partial charge is 0.458 e. The average Bonchev–Trinajstić information content (AvgIpc) is 3.82. The Hall–Kier alpha value is -7.24. The number of imidazole rings is 1. The fraction of sp³-hybridized carbons (Fsp3) is 0.172. The molecule has 310 valence electrons. The molecule has 3 heterocycles. The highest BCUT2D eigenvalue weighted by Gasteiger charge is 2.23. The van der Waals surface area contributed by atoms with E-state index in [0.717, 1.165) is 85.0 Å². The van der Waals surface area contributed by atoms with Gasteiger partial charge >= 0.3 is 0 Å². The minimum Gasteiger partial charge on any atom is -0.458 e. The van der Waals surface area contributed by atoms with Gasteiger partial charge in [-0.05, 0) is 118 Å². The number of fused-ring (bicyclic) bond motifs is 4. The molecule has 63 heavy (non-hydrogen) atoms. The van der Waals surface area contributed by atoms with Crippen molar-refractivity contribution in [2.75, 3.05) is 0 Å². The van der Waals surface area contributed by atoms with E-state index in [4.69, 9.17) is 9.72 Å². The van der Waals surface area contributed by atoms with Gasteiger partial charge in [-0.15, -0.1) is 0 Å². The number of aromatic nitrogens is 4. The molecule has 0 fully saturated rings. The molecular weight excluding hydrogens is 769 g/mol. The van der Waals surface area contributed by atoms with Crippen molar-refractivity contribution in [1.29, 1.82) is 0 Å². The van der Waals surface area contributed by atoms with Gasteiger partial charge in [-0.3, -0.25) is 13.7 Å². The first-order valence-corrected chi connectivity index (χ1v) is 21.9. The summed E-state index contributed by atoms with van der Waals surface area (Å²) >= 11 is 0. The number of rotatable bonds is 8. The van der Waals surface area contributed by atoms with Crippen LogP contribution in [-0.2, 0) is 11.8 Å². The molecule has 0 aliphatic carbocycles. The van der Waals surface area contributed by atoms with Gasteiger partial charge in [0.05, 0.1) is 33.4 Å². The van der Waals surface area contributed by atoms with Crippen LogP contribution in [0, 0.1) is 18.7 Å². The molecule has 0 N–H and O–H groups in total. The smallest absolute Gasteiger partial charge is 0.269 e. The zero-order valence-electron chi connectivity index (χ0n) is 37.1. The third-order valence-electron chi connectivity index (χ3n) is 12.0. The maximum atomic E-state index is 6.82. The van der Waals surface area contributed by atoms with Crippen molar-refractivity contribution in [2.45, 2.75) is 60.3 Å². The van der Waals surface area contributed by atoms with Crippen molar-refractivity contribution in [3.05, 3.63) is 199 Å². The lowest BCUT2D eigenvalue weighted by molar-refractivity contribution is -0.571. The summed E-state index contributed by atoms with van der Waals surface area (Å²) in [6.07, 6.45) is 6.74. The molecule has 0 saturated carbocycles. The van der Waals surface area contributed by atoms with Crippen molar-refractivity contribution in [1.82, 2.24) is 14.1 Å². The Morgan fingerprint density at radius 3 is 1.97 bits per heavy atom. The highest BCUT2D eigenvalue weighted by Crippen LogP contribution is 2.39. The molecule has 10 rings (SSSR count). The average molecular weight is 821 g/mol. The van der Waals surface area contributed by atoms with Crippen molar-refractivity contribution < 1.29 is 9.30 Å². The van der Waals surface area contributed by atoms with Gasteiger partial charge in [-0.1, -0.05) is 151 Å². The summed E-state index contributed by atoms with van der Waals surface area (Å²) < 4.78 is 13.5. The summed E-state index contributed by atoms with van der Waals surface area (Å²) in [6.45, 7) is 15.8. The van der Waals surface area contributed by atoms with E-state index in [2.05, 4.69) is 232 Å². The highest BCUT2D eigenvalue weighted by molar-refractivity contribution is 6.09. The summed E-state index contributed by atoms with van der Waals surface area (Å²) in [6, 6.07) is 60.4. The molecule has 0 bridgehead atoms. The normalized spacial score (nSPS) is 12.1. The van der Waals surface area contributed by atoms with Crippen LogP contribution in [0.5, 0.6) is 11.5 Å². The van der Waals surface area contributed by atoms with Crippen molar-refractivity contribution in [3.8, 4) is 50.9 Å². The molecule has 7 aromatic carbocycles. The quantitative estimate of drug-likeness (QED) is 0.113. The van der Waals surface area contributed by atoms with Gasteiger partial charge < -0.3 is 4.74 Å². The Balaban J connectivity index is 1.10. The fourth-order valence-corrected chi connectivity index (χ4v) is 9.07. The predicted molar refractivity (Wildman–Crippen MR) is 260 cm³/mol. The van der Waals surface area contributed by atoms with Crippen LogP contribution in [0.15, 0.2) is 176 Å². The zero-order valence-corrected chi connectivity index (χ0v) is 37.1. The number of para-hydroxylation sites is 2. The van der Waals surface area contributed by atoms with Gasteiger partial charge in [0.25, 0.3) is 6.33 Å². The molecule has 0 saturated heterocycles. The number of aryl methyl sites for hydroxylation is 1. The lowest BCUT2D eigenvalue weighted by atomic mass is 9.86. The molecular formula is C58H52N4O. The van der Waals surface area contributed by atoms with Crippen molar-refractivity contribution in [3.63, 3.8) is 0 Å². The van der Waals surface area contributed by atoms with E-state index in [1.165, 1.54) is 21.9 Å². The van der Waals surface area contributed by atoms with Crippen LogP contribution < -0.4 is 9.30 Å². The van der Waals surface area contributed by atoms with Gasteiger partial charge in [0, 0.05) is 23.0 Å². The van der Waals surface area contributed by atoms with Crippen LogP contribution in [0.2, 0.25) is 0 Å². The van der Waals surface area contributed by atoms with E-state index in [0.29, 0.717) is 0 Å². The maximum absolute atomic E-state index is 6.82. The molecule has 5 nitrogen and oxygen atoms in total. The molecule has 10 aromatic rings. The standard InChI is InChI=1S/C58H52N4O/c1-39-17-14-26-52-55(39)61(56-47(41-18-10-8-11-19-41)24-16-25-48(56)42-20-12-9-13-21-42)38-60(52)44-22-15-23-45(35-44)63-46-28-29-49-50-34-43(58(5,6)7)27-30-51(50)62(53(49)36-46)54-33-40(31-32-59-54)37-57(2,3)4/h8-36H,37H2,1-7H3. The lowest BCUT2D eigenvalue weighted by Gasteiger charge is -2.19. The second kappa shape index (κ2) is 15.6. The minimum atomic E-state index is 0.0114. The van der Waals surface area contributed by atoms with Crippen LogP contribution >= 0.6 is 0 Å². The van der Waals surface area contributed by atoms with E-state index < -0.39 is 0 Å². The maximum Gasteiger partial charge on any atom is 0.269 e. The Bertz CT molecular complexity index is 3250. The summed E-state index contributed by atoms with van der Waals surface area (Å²) in [7, 11) is 0. The third-order valence-corrected chi connectivity index (χ3v) is 12.0. The number of hydrogen-bond acceptors (Lipinski definition) is 2. The topological polar surface area (TPSA) is 35.9 Å². The minimum absolute atomic E-state index is 0.0114. The highest BCUT2D eigenvalue weighted by atomic mass is 16.5. The monoisotopic (exact) mass is 820 g/mol. The first kappa shape index (κ1) is 39.9. The van der Waals surface area contributed by atoms with Gasteiger partial charge in [-0.2, -0.15) is 0 Å². The number of benzene rings is 7. The zero-order chi connectivity index (χ0) is 43.5. The van der Waals surface area contributed by atoms with Gasteiger partial charge in [0.2, 0.25) is 0 Å². The third kappa shape index (κ3) is 7.59. The molecule has 0 atom stereocenters. The number of pyridine rings is 1. The summed E-state index contributed by atoms with van der Waals surface area (Å²) in [5.74, 6) is 2.39. The predicted octanol–water partition coefficient (Wildman–Crippen LogP) is 14.5. The van der Waals surface area contributed by atoms with Gasteiger partial charge in [0.15, 0.2) is 0 Å². The number of hydrogen-bond donors (Lipinski definition) is 0. The summed E-state index contributed by atoms with van der Waals surface area (Å²) in [4.78, 5) is 4.96. The Morgan fingerprint density at radius 2 is 1.27 bits per heavy atom. The van der Waals surface area contributed by atoms with Crippen LogP contribution in [0.3, 0.4) is 0 Å². The SMILES string of the molecule is Cc1cccc2c1[n+](-c1c(-c3ccccc3)cccc1-c1ccccc1)[c-]n2-c1cccc(Oc2ccc3c4cc(C(C)(C)C)ccc4n(-c4cc(CC(C)(C)C)ccn4)c3c2)c1. The second-order valence-corrected chi connectivity index (χ2v) is 19.0. The number of nitrogens with zero attached hydrogens (tertiary/aromatic N) is 4. The summed E-state index contributed by atoms with van der Waals surface area (Å²) in [5.41, 5.74) is 14.8. The van der Waals surface area contributed by atoms with Crippen LogP contribution in [0.25, 0.3) is 72.3 Å². The first-order chi connectivity index (χ1) is 30.4. The lowest BCUT2D eigenvalue weighted by Crippen LogP contribution is -2.32. The molecule has 0 radical (unpaired) electrons. The van der Waals surface area contributed by atoms with E-state index in [-0.39, 0.29) is 10.8 Å². The van der Waals surface area contributed by atoms with Crippen LogP contribution in [0.1, 0.15) is 58.2 Å².